The number of benzene rings is 2. The van der Waals surface area contributed by atoms with Crippen LogP contribution in [-0.2, 0) is 22.4 Å². The van der Waals surface area contributed by atoms with Crippen LogP contribution in [0.3, 0.4) is 0 Å². The molecule has 35 heavy (non-hydrogen) atoms. The fourth-order valence-corrected chi connectivity index (χ4v) is 5.17. The van der Waals surface area contributed by atoms with Crippen LogP contribution in [0.5, 0.6) is 0 Å². The van der Waals surface area contributed by atoms with E-state index in [1.165, 1.54) is 22.3 Å². The van der Waals surface area contributed by atoms with Crippen molar-refractivity contribution in [2.75, 3.05) is 4.90 Å². The van der Waals surface area contributed by atoms with Crippen LogP contribution in [0.25, 0.3) is 16.8 Å². The zero-order valence-electron chi connectivity index (χ0n) is 19.6. The lowest BCUT2D eigenvalue weighted by Crippen LogP contribution is -2.30. The van der Waals surface area contributed by atoms with E-state index in [0.717, 1.165) is 42.3 Å². The van der Waals surface area contributed by atoms with Crippen LogP contribution in [0.4, 0.5) is 5.95 Å². The number of H-pyrrole nitrogens is 1. The van der Waals surface area contributed by atoms with Gasteiger partial charge in [0.25, 0.3) is 5.78 Å². The van der Waals surface area contributed by atoms with E-state index in [1.54, 1.807) is 12.1 Å². The Balaban J connectivity index is 1.52. The summed E-state index contributed by atoms with van der Waals surface area (Å²) in [7, 11) is 0. The zero-order chi connectivity index (χ0) is 24.3. The van der Waals surface area contributed by atoms with Gasteiger partial charge in [-0.25, -0.2) is 4.98 Å². The second-order valence-corrected chi connectivity index (χ2v) is 9.39. The molecular weight excluding hydrogens is 442 g/mol. The minimum atomic E-state index is -0.941. The molecule has 1 saturated heterocycles. The summed E-state index contributed by atoms with van der Waals surface area (Å²) < 4.78 is 5.65. The number of aromatic nitrogens is 2. The van der Waals surface area contributed by atoms with Crippen LogP contribution in [0.2, 0.25) is 0 Å². The number of nitrogens with zero attached hydrogens (tertiary/aromatic N) is 2. The number of aryl methyl sites for hydroxylation is 4. The first-order valence-corrected chi connectivity index (χ1v) is 11.9. The molecule has 0 spiro atoms. The fourth-order valence-electron chi connectivity index (χ4n) is 5.17. The molecule has 2 aromatic carbocycles. The van der Waals surface area contributed by atoms with Gasteiger partial charge in [-0.2, -0.15) is 0 Å². The molecule has 6 rings (SSSR count). The second kappa shape index (κ2) is 7.98. The van der Waals surface area contributed by atoms with Gasteiger partial charge in [-0.05, 0) is 92.1 Å². The molecule has 7 heteroatoms. The molecule has 1 aliphatic heterocycles. The molecule has 0 radical (unpaired) electrons. The number of ketones is 1. The van der Waals surface area contributed by atoms with Crippen LogP contribution in [0.1, 0.15) is 52.5 Å². The Morgan fingerprint density at radius 2 is 1.83 bits per heavy atom. The summed E-state index contributed by atoms with van der Waals surface area (Å²) >= 11 is 0. The number of nitrogens with one attached hydrogen (secondary N) is 1. The van der Waals surface area contributed by atoms with Gasteiger partial charge in [0.1, 0.15) is 17.6 Å². The summed E-state index contributed by atoms with van der Waals surface area (Å²) in [4.78, 5) is 35.7. The van der Waals surface area contributed by atoms with Crippen LogP contribution < -0.4 is 4.90 Å². The van der Waals surface area contributed by atoms with E-state index >= 15 is 0 Å². The quantitative estimate of drug-likeness (QED) is 0.243. The molecule has 2 N–H and O–H groups in total. The molecule has 7 nitrogen and oxygen atoms in total. The zero-order valence-corrected chi connectivity index (χ0v) is 19.6. The first-order chi connectivity index (χ1) is 16.9. The van der Waals surface area contributed by atoms with Crippen molar-refractivity contribution in [1.29, 1.82) is 0 Å². The summed E-state index contributed by atoms with van der Waals surface area (Å²) in [5.41, 5.74) is 6.58. The first kappa shape index (κ1) is 21.4. The predicted molar refractivity (Wildman–Crippen MR) is 132 cm³/mol. The van der Waals surface area contributed by atoms with Gasteiger partial charge < -0.3 is 14.5 Å². The number of aliphatic hydroxyl groups is 1. The third kappa shape index (κ3) is 3.38. The first-order valence-electron chi connectivity index (χ1n) is 11.9. The summed E-state index contributed by atoms with van der Waals surface area (Å²) in [6.07, 6.45) is 5.68. The van der Waals surface area contributed by atoms with Crippen molar-refractivity contribution >= 4 is 34.4 Å². The number of aromatic amines is 1. The van der Waals surface area contributed by atoms with Crippen molar-refractivity contribution < 1.29 is 19.1 Å². The number of rotatable bonds is 3. The second-order valence-electron chi connectivity index (χ2n) is 9.39. The molecule has 2 aliphatic rings. The van der Waals surface area contributed by atoms with Crippen LogP contribution in [0.15, 0.2) is 58.7 Å². The average molecular weight is 468 g/mol. The Labute approximate surface area is 202 Å². The number of anilines is 1. The molecular formula is C28H25N3O4. The smallest absolute Gasteiger partial charge is 0.302 e. The topological polar surface area (TPSA) is 99.4 Å². The number of hydrogen-bond acceptors (Lipinski definition) is 5. The highest BCUT2D eigenvalue weighted by Gasteiger charge is 2.49. The number of imidazole rings is 1. The van der Waals surface area contributed by atoms with Crippen molar-refractivity contribution in [3.63, 3.8) is 0 Å². The van der Waals surface area contributed by atoms with E-state index in [4.69, 9.17) is 4.42 Å². The van der Waals surface area contributed by atoms with E-state index in [1.807, 2.05) is 44.2 Å². The van der Waals surface area contributed by atoms with Crippen LogP contribution in [-0.4, -0.2) is 26.8 Å². The minimum absolute atomic E-state index is 0.00599. The highest BCUT2D eigenvalue weighted by molar-refractivity contribution is 6.51. The Bertz CT molecular complexity index is 1490. The van der Waals surface area contributed by atoms with Gasteiger partial charge in [-0.1, -0.05) is 12.1 Å². The van der Waals surface area contributed by atoms with Crippen molar-refractivity contribution in [1.82, 2.24) is 9.97 Å². The third-order valence-corrected chi connectivity index (χ3v) is 7.19. The number of carbonyl (C=O) groups excluding carboxylic acids is 2. The van der Waals surface area contributed by atoms with Gasteiger partial charge in [0.2, 0.25) is 5.95 Å². The van der Waals surface area contributed by atoms with E-state index in [2.05, 4.69) is 9.97 Å². The Morgan fingerprint density at radius 1 is 1.06 bits per heavy atom. The maximum Gasteiger partial charge on any atom is 0.302 e. The molecule has 4 aromatic rings. The molecule has 1 aliphatic carbocycles. The minimum Gasteiger partial charge on any atom is -0.507 e. The number of Topliss-reactive ketones (excluding diaryl/α,β-unsaturated/α-hetero) is 1. The summed E-state index contributed by atoms with van der Waals surface area (Å²) in [5.74, 6) is -1.13. The molecule has 1 amide bonds. The Kier molecular flexibility index (Phi) is 4.88. The fraction of sp³-hybridized carbons (Fsp3) is 0.250. The van der Waals surface area contributed by atoms with E-state index in [-0.39, 0.29) is 17.3 Å². The molecule has 2 aromatic heterocycles. The van der Waals surface area contributed by atoms with Crippen molar-refractivity contribution in [2.24, 2.45) is 0 Å². The lowest BCUT2D eigenvalue weighted by atomic mass is 9.89. The van der Waals surface area contributed by atoms with Crippen molar-refractivity contribution in [3.8, 4) is 0 Å². The van der Waals surface area contributed by atoms with E-state index in [9.17, 15) is 14.7 Å². The molecule has 0 bridgehead atoms. The maximum absolute atomic E-state index is 13.3. The standard InChI is InChI=1S/C28H25N3O4/c1-15-12-20-21(13-16(15)2)30-28(29-20)31-24(22-8-5-11-35-22)23(26(33)27(31)34)25(32)19-10-9-17-6-3-4-7-18(17)14-19/h5,8-14,24,32H,3-4,6-7H2,1-2H3,(H,29,30)/b25-23+. The van der Waals surface area contributed by atoms with E-state index < -0.39 is 17.7 Å². The number of fused-ring (bicyclic) bond motifs is 2. The van der Waals surface area contributed by atoms with Crippen molar-refractivity contribution in [2.45, 2.75) is 45.6 Å². The van der Waals surface area contributed by atoms with Gasteiger partial charge in [0.15, 0.2) is 0 Å². The molecule has 1 fully saturated rings. The highest BCUT2D eigenvalue weighted by Crippen LogP contribution is 2.42. The SMILES string of the molecule is Cc1cc2nc(N3C(=O)C(=O)/C(=C(/O)c4ccc5c(c4)CCCC5)C3c3ccco3)[nH]c2cc1C. The largest absolute Gasteiger partial charge is 0.507 e. The highest BCUT2D eigenvalue weighted by atomic mass is 16.3. The third-order valence-electron chi connectivity index (χ3n) is 7.19. The Hall–Kier alpha value is -4.13. The summed E-state index contributed by atoms with van der Waals surface area (Å²) in [5, 5.41) is 11.4. The summed E-state index contributed by atoms with van der Waals surface area (Å²) in [6, 6.07) is 12.1. The monoisotopic (exact) mass is 467 g/mol. The maximum atomic E-state index is 13.3. The summed E-state index contributed by atoms with van der Waals surface area (Å²) in [6.45, 7) is 4.00. The molecule has 0 saturated carbocycles. The van der Waals surface area contributed by atoms with Gasteiger partial charge in [-0.15, -0.1) is 0 Å². The number of carbonyl (C=O) groups is 2. The van der Waals surface area contributed by atoms with Gasteiger partial charge in [0.05, 0.1) is 22.9 Å². The van der Waals surface area contributed by atoms with Gasteiger partial charge >= 0.3 is 5.91 Å². The normalized spacial score (nSPS) is 19.5. The van der Waals surface area contributed by atoms with Gasteiger partial charge in [-0.3, -0.25) is 14.5 Å². The predicted octanol–water partition coefficient (Wildman–Crippen LogP) is 5.28. The number of hydrogen-bond donors (Lipinski definition) is 2. The molecule has 176 valence electrons. The Morgan fingerprint density at radius 3 is 2.60 bits per heavy atom. The van der Waals surface area contributed by atoms with Gasteiger partial charge in [0, 0.05) is 5.56 Å². The van der Waals surface area contributed by atoms with Crippen molar-refractivity contribution in [3.05, 3.63) is 87.9 Å². The van der Waals surface area contributed by atoms with E-state index in [0.29, 0.717) is 16.8 Å². The number of aliphatic hydroxyl groups excluding tert-OH is 1. The molecule has 3 heterocycles. The van der Waals surface area contributed by atoms with Crippen LogP contribution >= 0.6 is 0 Å². The lowest BCUT2D eigenvalue weighted by molar-refractivity contribution is -0.132. The molecule has 1 unspecified atom stereocenters. The lowest BCUT2D eigenvalue weighted by Gasteiger charge is -2.21. The molecule has 1 atom stereocenters. The average Bonchev–Trinajstić information content (AvgIpc) is 3.58. The van der Waals surface area contributed by atoms with Crippen LogP contribution in [0, 0.1) is 13.8 Å². The number of amides is 1. The number of furan rings is 1.